The van der Waals surface area contributed by atoms with Gasteiger partial charge in [-0.3, -0.25) is 4.79 Å². The van der Waals surface area contributed by atoms with Crippen molar-refractivity contribution < 1.29 is 9.53 Å². The molecule has 1 aromatic rings. The zero-order valence-corrected chi connectivity index (χ0v) is 11.2. The van der Waals surface area contributed by atoms with Gasteiger partial charge in [-0.2, -0.15) is 0 Å². The summed E-state index contributed by atoms with van der Waals surface area (Å²) in [4.78, 5) is 14.4. The summed E-state index contributed by atoms with van der Waals surface area (Å²) < 4.78 is 5.15. The zero-order chi connectivity index (χ0) is 13.3. The third-order valence-corrected chi connectivity index (χ3v) is 3.56. The normalized spacial score (nSPS) is 17.8. The summed E-state index contributed by atoms with van der Waals surface area (Å²) in [6.07, 6.45) is 2.09. The van der Waals surface area contributed by atoms with E-state index in [0.717, 1.165) is 19.4 Å². The minimum atomic E-state index is -0.0745. The van der Waals surface area contributed by atoms with Gasteiger partial charge in [-0.05, 0) is 38.8 Å². The topological polar surface area (TPSA) is 55.6 Å². The SMILES string of the molecule is COc1cc(N)cc(C(=O)N2CCCC2(C)C)c1. The van der Waals surface area contributed by atoms with Crippen molar-refractivity contribution in [2.45, 2.75) is 32.2 Å². The van der Waals surface area contributed by atoms with E-state index in [1.54, 1.807) is 25.3 Å². The van der Waals surface area contributed by atoms with E-state index in [1.807, 2.05) is 4.90 Å². The predicted octanol–water partition coefficient (Wildman–Crippen LogP) is 2.29. The highest BCUT2D eigenvalue weighted by molar-refractivity contribution is 5.96. The molecule has 1 aliphatic rings. The zero-order valence-electron chi connectivity index (χ0n) is 11.2. The Labute approximate surface area is 108 Å². The minimum Gasteiger partial charge on any atom is -0.497 e. The number of benzene rings is 1. The van der Waals surface area contributed by atoms with E-state index in [2.05, 4.69) is 13.8 Å². The van der Waals surface area contributed by atoms with Crippen molar-refractivity contribution in [2.75, 3.05) is 19.4 Å². The van der Waals surface area contributed by atoms with E-state index < -0.39 is 0 Å². The molecule has 1 aromatic carbocycles. The fourth-order valence-electron chi connectivity index (χ4n) is 2.50. The first-order valence-corrected chi connectivity index (χ1v) is 6.20. The van der Waals surface area contributed by atoms with E-state index in [4.69, 9.17) is 10.5 Å². The quantitative estimate of drug-likeness (QED) is 0.817. The molecule has 2 N–H and O–H groups in total. The van der Waals surface area contributed by atoms with Crippen molar-refractivity contribution in [1.82, 2.24) is 4.90 Å². The number of hydrogen-bond donors (Lipinski definition) is 1. The van der Waals surface area contributed by atoms with Crippen molar-refractivity contribution in [1.29, 1.82) is 0 Å². The Morgan fingerprint density at radius 2 is 2.11 bits per heavy atom. The maximum absolute atomic E-state index is 12.5. The molecule has 98 valence electrons. The van der Waals surface area contributed by atoms with Gasteiger partial charge in [0.1, 0.15) is 5.75 Å². The van der Waals surface area contributed by atoms with Crippen LogP contribution in [0, 0.1) is 0 Å². The average Bonchev–Trinajstić information content (AvgIpc) is 2.67. The van der Waals surface area contributed by atoms with Crippen LogP contribution in [0.3, 0.4) is 0 Å². The van der Waals surface area contributed by atoms with Crippen molar-refractivity contribution in [3.63, 3.8) is 0 Å². The molecule has 2 rings (SSSR count). The highest BCUT2D eigenvalue weighted by Gasteiger charge is 2.35. The molecule has 0 bridgehead atoms. The van der Waals surface area contributed by atoms with Crippen LogP contribution in [-0.4, -0.2) is 30.0 Å². The second-order valence-corrected chi connectivity index (χ2v) is 5.37. The van der Waals surface area contributed by atoms with Crippen LogP contribution in [0.1, 0.15) is 37.0 Å². The molecule has 4 heteroatoms. The number of amides is 1. The van der Waals surface area contributed by atoms with Crippen LogP contribution < -0.4 is 10.5 Å². The van der Waals surface area contributed by atoms with E-state index in [9.17, 15) is 4.79 Å². The van der Waals surface area contributed by atoms with Crippen molar-refractivity contribution in [3.05, 3.63) is 23.8 Å². The molecular formula is C14H20N2O2. The number of carbonyl (C=O) groups excluding carboxylic acids is 1. The molecule has 1 heterocycles. The monoisotopic (exact) mass is 248 g/mol. The fourth-order valence-corrected chi connectivity index (χ4v) is 2.50. The first kappa shape index (κ1) is 12.7. The van der Waals surface area contributed by atoms with E-state index >= 15 is 0 Å². The molecule has 0 aliphatic carbocycles. The van der Waals surface area contributed by atoms with E-state index in [-0.39, 0.29) is 11.4 Å². The number of ether oxygens (including phenoxy) is 1. The first-order chi connectivity index (χ1) is 8.44. The summed E-state index contributed by atoms with van der Waals surface area (Å²) in [5.41, 5.74) is 6.86. The van der Waals surface area contributed by atoms with Crippen molar-refractivity contribution in [2.24, 2.45) is 0 Å². The second-order valence-electron chi connectivity index (χ2n) is 5.37. The first-order valence-electron chi connectivity index (χ1n) is 6.20. The molecule has 0 spiro atoms. The summed E-state index contributed by atoms with van der Waals surface area (Å²) in [6, 6.07) is 5.16. The van der Waals surface area contributed by atoms with Crippen molar-refractivity contribution in [3.8, 4) is 5.75 Å². The third-order valence-electron chi connectivity index (χ3n) is 3.56. The maximum atomic E-state index is 12.5. The highest BCUT2D eigenvalue weighted by Crippen LogP contribution is 2.30. The number of likely N-dealkylation sites (tertiary alicyclic amines) is 1. The van der Waals surface area contributed by atoms with Gasteiger partial charge in [-0.15, -0.1) is 0 Å². The third kappa shape index (κ3) is 2.28. The van der Waals surface area contributed by atoms with Crippen LogP contribution >= 0.6 is 0 Å². The number of carbonyl (C=O) groups is 1. The standard InChI is InChI=1S/C14H20N2O2/c1-14(2)5-4-6-16(14)13(17)10-7-11(15)9-12(8-10)18-3/h7-9H,4-6,15H2,1-3H3. The van der Waals surface area contributed by atoms with Crippen LogP contribution in [0.15, 0.2) is 18.2 Å². The summed E-state index contributed by atoms with van der Waals surface area (Å²) in [5, 5.41) is 0. The Kier molecular flexibility index (Phi) is 3.20. The molecule has 0 radical (unpaired) electrons. The number of nitrogen functional groups attached to an aromatic ring is 1. The Balaban J connectivity index is 2.31. The molecule has 0 atom stereocenters. The lowest BCUT2D eigenvalue weighted by molar-refractivity contribution is 0.0651. The van der Waals surface area contributed by atoms with Gasteiger partial charge < -0.3 is 15.4 Å². The van der Waals surface area contributed by atoms with Crippen molar-refractivity contribution >= 4 is 11.6 Å². The molecule has 1 aliphatic heterocycles. The van der Waals surface area contributed by atoms with Crippen LogP contribution in [0.25, 0.3) is 0 Å². The number of nitrogens with two attached hydrogens (primary N) is 1. The minimum absolute atomic E-state index is 0.0306. The number of nitrogens with zero attached hydrogens (tertiary/aromatic N) is 1. The molecule has 1 fully saturated rings. The van der Waals surface area contributed by atoms with Crippen LogP contribution in [0.4, 0.5) is 5.69 Å². The largest absolute Gasteiger partial charge is 0.497 e. The predicted molar refractivity (Wildman–Crippen MR) is 71.8 cm³/mol. The molecule has 0 aromatic heterocycles. The molecular weight excluding hydrogens is 228 g/mol. The van der Waals surface area contributed by atoms with Crippen LogP contribution in [0.2, 0.25) is 0 Å². The molecule has 1 saturated heterocycles. The average molecular weight is 248 g/mol. The van der Waals surface area contributed by atoms with Gasteiger partial charge in [0.15, 0.2) is 0 Å². The summed E-state index contributed by atoms with van der Waals surface area (Å²) in [7, 11) is 1.57. The number of hydrogen-bond acceptors (Lipinski definition) is 3. The van der Waals surface area contributed by atoms with E-state index in [1.165, 1.54) is 0 Å². The van der Waals surface area contributed by atoms with Crippen LogP contribution in [0.5, 0.6) is 5.75 Å². The van der Waals surface area contributed by atoms with Gasteiger partial charge in [0.05, 0.1) is 7.11 Å². The number of rotatable bonds is 2. The lowest BCUT2D eigenvalue weighted by atomic mass is 10.0. The van der Waals surface area contributed by atoms with Gasteiger partial charge in [-0.1, -0.05) is 0 Å². The summed E-state index contributed by atoms with van der Waals surface area (Å²) in [6.45, 7) is 5.01. The summed E-state index contributed by atoms with van der Waals surface area (Å²) in [5.74, 6) is 0.651. The molecule has 18 heavy (non-hydrogen) atoms. The molecule has 0 saturated carbocycles. The Morgan fingerprint density at radius 1 is 1.39 bits per heavy atom. The lowest BCUT2D eigenvalue weighted by Gasteiger charge is -2.31. The number of anilines is 1. The Morgan fingerprint density at radius 3 is 2.67 bits per heavy atom. The van der Waals surface area contributed by atoms with Gasteiger partial charge in [0.25, 0.3) is 5.91 Å². The molecule has 4 nitrogen and oxygen atoms in total. The second kappa shape index (κ2) is 4.52. The van der Waals surface area contributed by atoms with Gasteiger partial charge >= 0.3 is 0 Å². The smallest absolute Gasteiger partial charge is 0.254 e. The van der Waals surface area contributed by atoms with Gasteiger partial charge in [0, 0.05) is 29.4 Å². The van der Waals surface area contributed by atoms with E-state index in [0.29, 0.717) is 17.0 Å². The van der Waals surface area contributed by atoms with Gasteiger partial charge in [-0.25, -0.2) is 0 Å². The fraction of sp³-hybridized carbons (Fsp3) is 0.500. The maximum Gasteiger partial charge on any atom is 0.254 e. The number of methoxy groups -OCH3 is 1. The van der Waals surface area contributed by atoms with Gasteiger partial charge in [0.2, 0.25) is 0 Å². The lowest BCUT2D eigenvalue weighted by Crippen LogP contribution is -2.42. The highest BCUT2D eigenvalue weighted by atomic mass is 16.5. The molecule has 1 amide bonds. The Hall–Kier alpha value is -1.71. The summed E-state index contributed by atoms with van der Waals surface area (Å²) >= 11 is 0. The Bertz CT molecular complexity index is 469. The molecule has 0 unspecified atom stereocenters. The van der Waals surface area contributed by atoms with Crippen LogP contribution in [-0.2, 0) is 0 Å².